The number of ether oxygens (including phenoxy) is 1. The second-order valence-electron chi connectivity index (χ2n) is 5.67. The monoisotopic (exact) mass is 394 g/mol. The molecule has 0 fully saturated rings. The zero-order chi connectivity index (χ0) is 18.0. The minimum atomic E-state index is -0.792. The summed E-state index contributed by atoms with van der Waals surface area (Å²) in [6, 6.07) is 11.0. The van der Waals surface area contributed by atoms with E-state index in [1.165, 1.54) is 11.3 Å². The lowest BCUT2D eigenvalue weighted by Crippen LogP contribution is -2.09. The molecule has 130 valence electrons. The van der Waals surface area contributed by atoms with Crippen LogP contribution in [0.25, 0.3) is 10.1 Å². The molecule has 3 aromatic rings. The van der Waals surface area contributed by atoms with Gasteiger partial charge in [-0.15, -0.1) is 11.3 Å². The molecule has 3 rings (SSSR count). The highest BCUT2D eigenvalue weighted by molar-refractivity contribution is 7.17. The van der Waals surface area contributed by atoms with Crippen LogP contribution in [0.4, 0.5) is 0 Å². The molecule has 1 atom stereocenters. The number of carbonyl (C=O) groups is 1. The van der Waals surface area contributed by atoms with Gasteiger partial charge in [-0.2, -0.15) is 0 Å². The van der Waals surface area contributed by atoms with Gasteiger partial charge in [0.1, 0.15) is 12.4 Å². The fourth-order valence-corrected chi connectivity index (χ4v) is 4.22. The number of fused-ring (bicyclic) bond motifs is 1. The predicted octanol–water partition coefficient (Wildman–Crippen LogP) is 6.37. The van der Waals surface area contributed by atoms with Crippen molar-refractivity contribution in [3.05, 3.63) is 63.0 Å². The molecule has 0 saturated carbocycles. The summed E-state index contributed by atoms with van der Waals surface area (Å²) < 4.78 is 6.84. The van der Waals surface area contributed by atoms with Crippen LogP contribution in [0.3, 0.4) is 0 Å². The van der Waals surface area contributed by atoms with Gasteiger partial charge >= 0.3 is 5.97 Å². The summed E-state index contributed by atoms with van der Waals surface area (Å²) in [4.78, 5) is 11.4. The third kappa shape index (κ3) is 3.92. The van der Waals surface area contributed by atoms with Crippen molar-refractivity contribution < 1.29 is 14.6 Å². The first-order chi connectivity index (χ1) is 12.0. The maximum absolute atomic E-state index is 11.4. The van der Waals surface area contributed by atoms with Gasteiger partial charge in [0.05, 0.1) is 5.92 Å². The third-order valence-electron chi connectivity index (χ3n) is 4.07. The van der Waals surface area contributed by atoms with Crippen LogP contribution in [0, 0.1) is 0 Å². The van der Waals surface area contributed by atoms with Gasteiger partial charge < -0.3 is 9.84 Å². The van der Waals surface area contributed by atoms with E-state index in [4.69, 9.17) is 27.9 Å². The number of rotatable bonds is 6. The Hall–Kier alpha value is -1.75. The van der Waals surface area contributed by atoms with Crippen molar-refractivity contribution in [3.8, 4) is 5.75 Å². The molecule has 0 saturated heterocycles. The fraction of sp³-hybridized carbons (Fsp3) is 0.211. The number of carboxylic acid groups (broad SMARTS) is 1. The summed E-state index contributed by atoms with van der Waals surface area (Å²) in [7, 11) is 0. The van der Waals surface area contributed by atoms with Crippen molar-refractivity contribution in [3.63, 3.8) is 0 Å². The molecule has 3 nitrogen and oxygen atoms in total. The summed E-state index contributed by atoms with van der Waals surface area (Å²) >= 11 is 13.6. The van der Waals surface area contributed by atoms with E-state index in [1.54, 1.807) is 12.1 Å². The van der Waals surface area contributed by atoms with Crippen molar-refractivity contribution in [2.45, 2.75) is 25.9 Å². The Morgan fingerprint density at radius 2 is 2.04 bits per heavy atom. The molecule has 25 heavy (non-hydrogen) atoms. The molecule has 0 amide bonds. The summed E-state index contributed by atoms with van der Waals surface area (Å²) in [5.41, 5.74) is 1.72. The molecule has 0 aliphatic carbocycles. The van der Waals surface area contributed by atoms with Crippen LogP contribution in [0.15, 0.2) is 41.8 Å². The zero-order valence-corrected chi connectivity index (χ0v) is 15.8. The van der Waals surface area contributed by atoms with Crippen LogP contribution in [0.5, 0.6) is 5.75 Å². The van der Waals surface area contributed by atoms with Gasteiger partial charge in [-0.1, -0.05) is 36.2 Å². The van der Waals surface area contributed by atoms with Crippen molar-refractivity contribution in [1.29, 1.82) is 0 Å². The normalized spacial score (nSPS) is 12.3. The summed E-state index contributed by atoms with van der Waals surface area (Å²) in [5, 5.41) is 13.4. The fourth-order valence-electron chi connectivity index (χ4n) is 2.72. The first kappa shape index (κ1) is 18.1. The number of aliphatic carboxylic acids is 1. The van der Waals surface area contributed by atoms with E-state index in [0.717, 1.165) is 27.0 Å². The molecule has 0 aliphatic rings. The predicted molar refractivity (Wildman–Crippen MR) is 103 cm³/mol. The van der Waals surface area contributed by atoms with Crippen LogP contribution in [-0.2, 0) is 11.4 Å². The van der Waals surface area contributed by atoms with E-state index in [0.29, 0.717) is 23.1 Å². The van der Waals surface area contributed by atoms with E-state index in [9.17, 15) is 9.90 Å². The van der Waals surface area contributed by atoms with Crippen molar-refractivity contribution in [2.75, 3.05) is 0 Å². The highest BCUT2D eigenvalue weighted by Gasteiger charge is 2.21. The van der Waals surface area contributed by atoms with Crippen LogP contribution >= 0.6 is 34.5 Å². The van der Waals surface area contributed by atoms with Crippen LogP contribution in [0.1, 0.15) is 30.4 Å². The van der Waals surface area contributed by atoms with E-state index in [1.807, 2.05) is 36.6 Å². The lowest BCUT2D eigenvalue weighted by Gasteiger charge is -2.10. The van der Waals surface area contributed by atoms with E-state index >= 15 is 0 Å². The van der Waals surface area contributed by atoms with E-state index < -0.39 is 11.9 Å². The summed E-state index contributed by atoms with van der Waals surface area (Å²) in [6.45, 7) is 2.22. The minimum Gasteiger partial charge on any atom is -0.489 e. The number of carboxylic acids is 1. The SMILES string of the molecule is CCC(C(=O)O)c1csc2cc(OCc3ccc(Cl)cc3Cl)ccc12. The Morgan fingerprint density at radius 3 is 2.72 bits per heavy atom. The first-order valence-corrected chi connectivity index (χ1v) is 9.43. The molecule has 1 aromatic heterocycles. The molecule has 0 spiro atoms. The van der Waals surface area contributed by atoms with Gasteiger partial charge in [0.25, 0.3) is 0 Å². The molecular weight excluding hydrogens is 379 g/mol. The quantitative estimate of drug-likeness (QED) is 0.528. The Balaban J connectivity index is 1.81. The average molecular weight is 395 g/mol. The Labute approximate surface area is 159 Å². The lowest BCUT2D eigenvalue weighted by molar-refractivity contribution is -0.138. The van der Waals surface area contributed by atoms with Crippen LogP contribution < -0.4 is 4.74 Å². The molecule has 6 heteroatoms. The number of benzene rings is 2. The van der Waals surface area contributed by atoms with Gasteiger partial charge in [-0.3, -0.25) is 4.79 Å². The highest BCUT2D eigenvalue weighted by Crippen LogP contribution is 2.35. The maximum atomic E-state index is 11.4. The number of thiophene rings is 1. The summed E-state index contributed by atoms with van der Waals surface area (Å²) in [5.74, 6) is -0.552. The van der Waals surface area contributed by atoms with Gasteiger partial charge in [0, 0.05) is 20.3 Å². The van der Waals surface area contributed by atoms with E-state index in [2.05, 4.69) is 0 Å². The Kier molecular flexibility index (Phi) is 5.52. The van der Waals surface area contributed by atoms with E-state index in [-0.39, 0.29) is 0 Å². The topological polar surface area (TPSA) is 46.5 Å². The van der Waals surface area contributed by atoms with Gasteiger partial charge in [0.15, 0.2) is 0 Å². The molecular formula is C19H16Cl2O3S. The average Bonchev–Trinajstić information content (AvgIpc) is 2.97. The highest BCUT2D eigenvalue weighted by atomic mass is 35.5. The third-order valence-corrected chi connectivity index (χ3v) is 5.62. The number of halogens is 2. The maximum Gasteiger partial charge on any atom is 0.311 e. The molecule has 2 aromatic carbocycles. The molecule has 1 heterocycles. The largest absolute Gasteiger partial charge is 0.489 e. The Bertz CT molecular complexity index is 920. The lowest BCUT2D eigenvalue weighted by atomic mass is 9.96. The van der Waals surface area contributed by atoms with Crippen molar-refractivity contribution >= 4 is 50.6 Å². The molecule has 0 aliphatic heterocycles. The molecule has 0 radical (unpaired) electrons. The zero-order valence-electron chi connectivity index (χ0n) is 13.5. The van der Waals surface area contributed by atoms with Crippen molar-refractivity contribution in [1.82, 2.24) is 0 Å². The Morgan fingerprint density at radius 1 is 1.24 bits per heavy atom. The molecule has 1 unspecified atom stereocenters. The van der Waals surface area contributed by atoms with Crippen molar-refractivity contribution in [2.24, 2.45) is 0 Å². The summed E-state index contributed by atoms with van der Waals surface area (Å²) in [6.07, 6.45) is 0.564. The molecule has 1 N–H and O–H groups in total. The standard InChI is InChI=1S/C19H16Cl2O3S/c1-2-14(19(22)23)16-10-25-18-8-13(5-6-15(16)18)24-9-11-3-4-12(20)7-17(11)21/h3-8,10,14H,2,9H2,1H3,(H,22,23). The smallest absolute Gasteiger partial charge is 0.311 e. The van der Waals surface area contributed by atoms with Gasteiger partial charge in [0.2, 0.25) is 0 Å². The second kappa shape index (κ2) is 7.65. The van der Waals surface area contributed by atoms with Gasteiger partial charge in [-0.05, 0) is 53.1 Å². The number of hydrogen-bond acceptors (Lipinski definition) is 3. The molecule has 0 bridgehead atoms. The number of hydrogen-bond donors (Lipinski definition) is 1. The second-order valence-corrected chi connectivity index (χ2v) is 7.43. The minimum absolute atomic E-state index is 0.340. The first-order valence-electron chi connectivity index (χ1n) is 7.80. The van der Waals surface area contributed by atoms with Crippen LogP contribution in [-0.4, -0.2) is 11.1 Å². The van der Waals surface area contributed by atoms with Crippen LogP contribution in [0.2, 0.25) is 10.0 Å². The van der Waals surface area contributed by atoms with Gasteiger partial charge in [-0.25, -0.2) is 0 Å².